The second-order valence-electron chi connectivity index (χ2n) is 5.92. The molecule has 2 heterocycles. The quantitative estimate of drug-likeness (QED) is 0.854. The SMILES string of the molecule is O=C(c1cccnc1)N1CCN([C@@H](c2ccccc2)C(F)(F)F)CC1. The van der Waals surface area contributed by atoms with Gasteiger partial charge < -0.3 is 4.90 Å². The maximum atomic E-state index is 13.6. The van der Waals surface area contributed by atoms with Gasteiger partial charge in [0.05, 0.1) is 5.56 Å². The number of aromatic nitrogens is 1. The van der Waals surface area contributed by atoms with E-state index in [1.165, 1.54) is 23.2 Å². The minimum absolute atomic E-state index is 0.172. The van der Waals surface area contributed by atoms with Crippen LogP contribution in [0.3, 0.4) is 0 Å². The second kappa shape index (κ2) is 7.23. The van der Waals surface area contributed by atoms with E-state index in [1.807, 2.05) is 0 Å². The molecule has 0 saturated carbocycles. The van der Waals surface area contributed by atoms with Crippen LogP contribution in [-0.2, 0) is 0 Å². The summed E-state index contributed by atoms with van der Waals surface area (Å²) in [6.07, 6.45) is -1.32. The van der Waals surface area contributed by atoms with Gasteiger partial charge in [-0.2, -0.15) is 13.2 Å². The van der Waals surface area contributed by atoms with Crippen LogP contribution >= 0.6 is 0 Å². The molecule has 3 rings (SSSR count). The summed E-state index contributed by atoms with van der Waals surface area (Å²) >= 11 is 0. The summed E-state index contributed by atoms with van der Waals surface area (Å²) in [5, 5.41) is 0. The summed E-state index contributed by atoms with van der Waals surface area (Å²) in [7, 11) is 0. The lowest BCUT2D eigenvalue weighted by atomic mass is 10.0. The number of hydrogen-bond donors (Lipinski definition) is 0. The van der Waals surface area contributed by atoms with Gasteiger partial charge in [0.25, 0.3) is 5.91 Å². The molecule has 1 amide bonds. The molecule has 1 saturated heterocycles. The predicted octanol–water partition coefficient (Wildman–Crippen LogP) is 3.14. The molecule has 1 aromatic carbocycles. The number of carbonyl (C=O) groups excluding carboxylic acids is 1. The van der Waals surface area contributed by atoms with Gasteiger partial charge in [-0.1, -0.05) is 30.3 Å². The fraction of sp³-hybridized carbons (Fsp3) is 0.333. The Morgan fingerprint density at radius 1 is 1.00 bits per heavy atom. The molecule has 7 heteroatoms. The average Bonchev–Trinajstić information content (AvgIpc) is 2.62. The van der Waals surface area contributed by atoms with Gasteiger partial charge >= 0.3 is 6.18 Å². The molecule has 1 aromatic heterocycles. The fourth-order valence-corrected chi connectivity index (χ4v) is 3.10. The van der Waals surface area contributed by atoms with Gasteiger partial charge in [-0.25, -0.2) is 0 Å². The number of carbonyl (C=O) groups is 1. The predicted molar refractivity (Wildman–Crippen MR) is 87.0 cm³/mol. The molecule has 0 spiro atoms. The van der Waals surface area contributed by atoms with E-state index in [-0.39, 0.29) is 37.6 Å². The van der Waals surface area contributed by atoms with Crippen LogP contribution in [0.1, 0.15) is 22.0 Å². The molecule has 1 fully saturated rings. The molecule has 1 atom stereocenters. The van der Waals surface area contributed by atoms with Crippen molar-refractivity contribution in [2.24, 2.45) is 0 Å². The number of benzene rings is 1. The molecule has 1 aliphatic heterocycles. The number of halogens is 3. The normalized spacial score (nSPS) is 17.3. The smallest absolute Gasteiger partial charge is 0.336 e. The first-order valence-corrected chi connectivity index (χ1v) is 8.02. The molecular weight excluding hydrogens is 331 g/mol. The van der Waals surface area contributed by atoms with Gasteiger partial charge in [-0.15, -0.1) is 0 Å². The van der Waals surface area contributed by atoms with E-state index < -0.39 is 12.2 Å². The monoisotopic (exact) mass is 349 g/mol. The lowest BCUT2D eigenvalue weighted by Gasteiger charge is -2.40. The Bertz CT molecular complexity index is 699. The first kappa shape index (κ1) is 17.4. The maximum absolute atomic E-state index is 13.6. The number of nitrogens with zero attached hydrogens (tertiary/aromatic N) is 3. The number of piperazine rings is 1. The van der Waals surface area contributed by atoms with Crippen molar-refractivity contribution >= 4 is 5.91 Å². The van der Waals surface area contributed by atoms with E-state index >= 15 is 0 Å². The van der Waals surface area contributed by atoms with Crippen molar-refractivity contribution in [2.45, 2.75) is 12.2 Å². The van der Waals surface area contributed by atoms with Crippen molar-refractivity contribution in [3.8, 4) is 0 Å². The summed E-state index contributed by atoms with van der Waals surface area (Å²) in [6, 6.07) is 9.57. The maximum Gasteiger partial charge on any atom is 0.408 e. The summed E-state index contributed by atoms with van der Waals surface area (Å²) in [6.45, 7) is 0.858. The van der Waals surface area contributed by atoms with Gasteiger partial charge in [0.2, 0.25) is 0 Å². The molecule has 2 aromatic rings. The second-order valence-corrected chi connectivity index (χ2v) is 5.92. The third-order valence-corrected chi connectivity index (χ3v) is 4.30. The van der Waals surface area contributed by atoms with E-state index in [2.05, 4.69) is 4.98 Å². The zero-order valence-electron chi connectivity index (χ0n) is 13.5. The Balaban J connectivity index is 1.71. The van der Waals surface area contributed by atoms with E-state index in [9.17, 15) is 18.0 Å². The summed E-state index contributed by atoms with van der Waals surface area (Å²) in [5.41, 5.74) is 0.674. The Hall–Kier alpha value is -2.41. The van der Waals surface area contributed by atoms with Crippen molar-refractivity contribution in [1.29, 1.82) is 0 Å². The molecule has 1 aliphatic rings. The molecule has 25 heavy (non-hydrogen) atoms. The van der Waals surface area contributed by atoms with Gasteiger partial charge in [-0.05, 0) is 17.7 Å². The van der Waals surface area contributed by atoms with Crippen molar-refractivity contribution in [3.63, 3.8) is 0 Å². The molecule has 0 aliphatic carbocycles. The average molecular weight is 349 g/mol. The van der Waals surface area contributed by atoms with Gasteiger partial charge in [0.1, 0.15) is 6.04 Å². The zero-order valence-corrected chi connectivity index (χ0v) is 13.5. The van der Waals surface area contributed by atoms with Crippen LogP contribution in [0.5, 0.6) is 0 Å². The van der Waals surface area contributed by atoms with Crippen LogP contribution in [-0.4, -0.2) is 53.0 Å². The summed E-state index contributed by atoms with van der Waals surface area (Å²) in [4.78, 5) is 19.3. The largest absolute Gasteiger partial charge is 0.408 e. The third kappa shape index (κ3) is 3.99. The molecule has 0 bridgehead atoms. The molecule has 0 radical (unpaired) electrons. The Morgan fingerprint density at radius 3 is 2.24 bits per heavy atom. The summed E-state index contributed by atoms with van der Waals surface area (Å²) < 4.78 is 40.7. The van der Waals surface area contributed by atoms with Crippen LogP contribution in [0, 0.1) is 0 Å². The van der Waals surface area contributed by atoms with Crippen LogP contribution in [0.2, 0.25) is 0 Å². The van der Waals surface area contributed by atoms with Crippen LogP contribution < -0.4 is 0 Å². The summed E-state index contributed by atoms with van der Waals surface area (Å²) in [5.74, 6) is -0.198. The highest BCUT2D eigenvalue weighted by atomic mass is 19.4. The first-order chi connectivity index (χ1) is 12.0. The molecule has 0 unspecified atom stereocenters. The first-order valence-electron chi connectivity index (χ1n) is 8.02. The van der Waals surface area contributed by atoms with Crippen LogP contribution in [0.25, 0.3) is 0 Å². The van der Waals surface area contributed by atoms with Crippen molar-refractivity contribution in [1.82, 2.24) is 14.8 Å². The lowest BCUT2D eigenvalue weighted by molar-refractivity contribution is -0.189. The Morgan fingerprint density at radius 2 is 1.68 bits per heavy atom. The lowest BCUT2D eigenvalue weighted by Crippen LogP contribution is -2.52. The standard InChI is InChI=1S/C18H18F3N3O/c19-18(20,21)16(14-5-2-1-3-6-14)23-9-11-24(12-10-23)17(25)15-7-4-8-22-13-15/h1-8,13,16H,9-12H2/t16-/m0/s1. The Kier molecular flexibility index (Phi) is 5.03. The molecule has 0 N–H and O–H groups in total. The fourth-order valence-electron chi connectivity index (χ4n) is 3.10. The van der Waals surface area contributed by atoms with Gasteiger partial charge in [0.15, 0.2) is 0 Å². The molecular formula is C18H18F3N3O. The zero-order chi connectivity index (χ0) is 17.9. The highest BCUT2D eigenvalue weighted by Crippen LogP contribution is 2.38. The minimum Gasteiger partial charge on any atom is -0.336 e. The minimum atomic E-state index is -4.36. The number of alkyl halides is 3. The van der Waals surface area contributed by atoms with Crippen LogP contribution in [0.4, 0.5) is 13.2 Å². The topological polar surface area (TPSA) is 36.4 Å². The van der Waals surface area contributed by atoms with Crippen molar-refractivity contribution < 1.29 is 18.0 Å². The van der Waals surface area contributed by atoms with E-state index in [4.69, 9.17) is 0 Å². The number of rotatable bonds is 3. The van der Waals surface area contributed by atoms with Crippen molar-refractivity contribution in [3.05, 3.63) is 66.0 Å². The van der Waals surface area contributed by atoms with E-state index in [0.717, 1.165) is 0 Å². The third-order valence-electron chi connectivity index (χ3n) is 4.30. The van der Waals surface area contributed by atoms with E-state index in [1.54, 1.807) is 41.4 Å². The molecule has 132 valence electrons. The van der Waals surface area contributed by atoms with Gasteiger partial charge in [-0.3, -0.25) is 14.7 Å². The Labute approximate surface area is 143 Å². The number of hydrogen-bond acceptors (Lipinski definition) is 3. The highest BCUT2D eigenvalue weighted by molar-refractivity contribution is 5.93. The van der Waals surface area contributed by atoms with Crippen LogP contribution in [0.15, 0.2) is 54.9 Å². The number of pyridine rings is 1. The molecule has 4 nitrogen and oxygen atoms in total. The number of amides is 1. The highest BCUT2D eigenvalue weighted by Gasteiger charge is 2.45. The van der Waals surface area contributed by atoms with E-state index in [0.29, 0.717) is 5.56 Å². The van der Waals surface area contributed by atoms with Gasteiger partial charge in [0, 0.05) is 38.6 Å². The van der Waals surface area contributed by atoms with Crippen molar-refractivity contribution in [2.75, 3.05) is 26.2 Å².